The molecule has 1 atom stereocenters. The van der Waals surface area contributed by atoms with Crippen LogP contribution in [-0.4, -0.2) is 28.4 Å². The first-order chi connectivity index (χ1) is 9.42. The first-order valence-electron chi connectivity index (χ1n) is 7.36. The fourth-order valence-electron chi connectivity index (χ4n) is 2.37. The topological polar surface area (TPSA) is 56.2 Å². The van der Waals surface area contributed by atoms with Crippen LogP contribution in [-0.2, 0) is 16.1 Å². The number of carbonyl (C=O) groups is 1. The number of anilines is 1. The number of hydrogen-bond acceptors (Lipinski definition) is 3. The Morgan fingerprint density at radius 2 is 2.30 bits per heavy atom. The first kappa shape index (κ1) is 15.0. The van der Waals surface area contributed by atoms with Crippen molar-refractivity contribution in [3.8, 4) is 0 Å². The Labute approximate surface area is 120 Å². The molecule has 0 spiro atoms. The lowest BCUT2D eigenvalue weighted by molar-refractivity contribution is -0.117. The van der Waals surface area contributed by atoms with Gasteiger partial charge in [0.25, 0.3) is 0 Å². The minimum atomic E-state index is -0.00395. The Morgan fingerprint density at radius 1 is 1.50 bits per heavy atom. The smallest absolute Gasteiger partial charge is 0.224 e. The van der Waals surface area contributed by atoms with E-state index in [0.29, 0.717) is 6.42 Å². The summed E-state index contributed by atoms with van der Waals surface area (Å²) >= 11 is 0. The molecule has 1 saturated heterocycles. The molecule has 1 aliphatic heterocycles. The van der Waals surface area contributed by atoms with E-state index < -0.39 is 0 Å². The Bertz CT molecular complexity index is 442. The number of rotatable bonds is 4. The van der Waals surface area contributed by atoms with E-state index in [1.54, 1.807) is 6.20 Å². The molecule has 1 fully saturated rings. The molecule has 1 amide bonds. The molecule has 1 N–H and O–H groups in total. The number of hydrogen-bond donors (Lipinski definition) is 1. The molecule has 0 unspecified atom stereocenters. The third-order valence-electron chi connectivity index (χ3n) is 3.27. The normalized spacial score (nSPS) is 19.9. The van der Waals surface area contributed by atoms with E-state index in [4.69, 9.17) is 4.74 Å². The van der Waals surface area contributed by atoms with Gasteiger partial charge in [-0.3, -0.25) is 9.48 Å². The SMILES string of the molecule is CC(C)(C)CC(=O)Nc1cnn(C[C@H]2CCCCO2)c1. The molecule has 0 saturated carbocycles. The average molecular weight is 279 g/mol. The van der Waals surface area contributed by atoms with Gasteiger partial charge in [0.2, 0.25) is 5.91 Å². The number of nitrogens with one attached hydrogen (secondary N) is 1. The van der Waals surface area contributed by atoms with Crippen molar-refractivity contribution in [2.45, 2.75) is 59.1 Å². The zero-order valence-electron chi connectivity index (χ0n) is 12.7. The molecule has 2 heterocycles. The maximum atomic E-state index is 11.9. The fraction of sp³-hybridized carbons (Fsp3) is 0.733. The molecule has 5 heteroatoms. The van der Waals surface area contributed by atoms with Gasteiger partial charge in [0, 0.05) is 19.2 Å². The zero-order valence-corrected chi connectivity index (χ0v) is 12.7. The predicted octanol–water partition coefficient (Wildman–Crippen LogP) is 2.83. The van der Waals surface area contributed by atoms with Crippen LogP contribution in [0.1, 0.15) is 46.5 Å². The van der Waals surface area contributed by atoms with Crippen molar-refractivity contribution in [2.75, 3.05) is 11.9 Å². The van der Waals surface area contributed by atoms with Gasteiger partial charge < -0.3 is 10.1 Å². The molecule has 1 aromatic heterocycles. The third-order valence-corrected chi connectivity index (χ3v) is 3.27. The minimum Gasteiger partial charge on any atom is -0.376 e. The average Bonchev–Trinajstić information content (AvgIpc) is 2.75. The highest BCUT2D eigenvalue weighted by Crippen LogP contribution is 2.20. The summed E-state index contributed by atoms with van der Waals surface area (Å²) in [6.07, 6.45) is 7.80. The molecular weight excluding hydrogens is 254 g/mol. The van der Waals surface area contributed by atoms with E-state index >= 15 is 0 Å². The van der Waals surface area contributed by atoms with Gasteiger partial charge in [-0.25, -0.2) is 0 Å². The summed E-state index contributed by atoms with van der Waals surface area (Å²) in [5.74, 6) is 0.0333. The van der Waals surface area contributed by atoms with E-state index in [1.807, 2.05) is 10.9 Å². The summed E-state index contributed by atoms with van der Waals surface area (Å²) < 4.78 is 7.54. The van der Waals surface area contributed by atoms with Crippen LogP contribution in [0.5, 0.6) is 0 Å². The predicted molar refractivity (Wildman–Crippen MR) is 78.5 cm³/mol. The monoisotopic (exact) mass is 279 g/mol. The van der Waals surface area contributed by atoms with Crippen LogP contribution in [0.25, 0.3) is 0 Å². The van der Waals surface area contributed by atoms with Crippen LogP contribution in [0.2, 0.25) is 0 Å². The van der Waals surface area contributed by atoms with E-state index in [1.165, 1.54) is 6.42 Å². The molecule has 0 aromatic carbocycles. The summed E-state index contributed by atoms with van der Waals surface area (Å²) in [5.41, 5.74) is 0.755. The van der Waals surface area contributed by atoms with Crippen molar-refractivity contribution in [2.24, 2.45) is 5.41 Å². The van der Waals surface area contributed by atoms with Crippen molar-refractivity contribution < 1.29 is 9.53 Å². The number of nitrogens with zero attached hydrogens (tertiary/aromatic N) is 2. The third kappa shape index (κ3) is 4.96. The molecule has 0 radical (unpaired) electrons. The lowest BCUT2D eigenvalue weighted by Crippen LogP contribution is -2.24. The van der Waals surface area contributed by atoms with Crippen LogP contribution in [0.15, 0.2) is 12.4 Å². The van der Waals surface area contributed by atoms with Crippen LogP contribution in [0.3, 0.4) is 0 Å². The number of ether oxygens (including phenoxy) is 1. The highest BCUT2D eigenvalue weighted by Gasteiger charge is 2.17. The van der Waals surface area contributed by atoms with Gasteiger partial charge in [0.1, 0.15) is 0 Å². The molecule has 0 bridgehead atoms. The largest absolute Gasteiger partial charge is 0.376 e. The van der Waals surface area contributed by atoms with E-state index in [-0.39, 0.29) is 17.4 Å². The van der Waals surface area contributed by atoms with Gasteiger partial charge in [-0.05, 0) is 24.7 Å². The number of aromatic nitrogens is 2. The van der Waals surface area contributed by atoms with Gasteiger partial charge >= 0.3 is 0 Å². The van der Waals surface area contributed by atoms with Crippen LogP contribution in [0, 0.1) is 5.41 Å². The highest BCUT2D eigenvalue weighted by molar-refractivity contribution is 5.90. The molecule has 112 valence electrons. The number of amides is 1. The lowest BCUT2D eigenvalue weighted by Gasteiger charge is -2.22. The van der Waals surface area contributed by atoms with E-state index in [0.717, 1.165) is 31.7 Å². The van der Waals surface area contributed by atoms with Gasteiger partial charge in [-0.15, -0.1) is 0 Å². The van der Waals surface area contributed by atoms with Gasteiger partial charge in [-0.1, -0.05) is 20.8 Å². The van der Waals surface area contributed by atoms with Gasteiger partial charge in [-0.2, -0.15) is 5.10 Å². The molecule has 5 nitrogen and oxygen atoms in total. The molecule has 20 heavy (non-hydrogen) atoms. The Hall–Kier alpha value is -1.36. The van der Waals surface area contributed by atoms with E-state index in [9.17, 15) is 4.79 Å². The lowest BCUT2D eigenvalue weighted by atomic mass is 9.92. The van der Waals surface area contributed by atoms with Crippen molar-refractivity contribution in [3.63, 3.8) is 0 Å². The van der Waals surface area contributed by atoms with Crippen LogP contribution >= 0.6 is 0 Å². The highest BCUT2D eigenvalue weighted by atomic mass is 16.5. The van der Waals surface area contributed by atoms with Gasteiger partial charge in [0.05, 0.1) is 24.5 Å². The first-order valence-corrected chi connectivity index (χ1v) is 7.36. The molecule has 1 aliphatic rings. The van der Waals surface area contributed by atoms with E-state index in [2.05, 4.69) is 31.2 Å². The molecule has 2 rings (SSSR count). The second-order valence-corrected chi connectivity index (χ2v) is 6.73. The molecule has 0 aliphatic carbocycles. The Morgan fingerprint density at radius 3 is 2.95 bits per heavy atom. The summed E-state index contributed by atoms with van der Waals surface area (Å²) in [7, 11) is 0. The second-order valence-electron chi connectivity index (χ2n) is 6.73. The summed E-state index contributed by atoms with van der Waals surface area (Å²) in [5, 5.41) is 7.17. The Balaban J connectivity index is 1.84. The minimum absolute atomic E-state index is 0.00395. The summed E-state index contributed by atoms with van der Waals surface area (Å²) in [6.45, 7) is 7.76. The van der Waals surface area contributed by atoms with Gasteiger partial charge in [0.15, 0.2) is 0 Å². The van der Waals surface area contributed by atoms with Crippen LogP contribution in [0.4, 0.5) is 5.69 Å². The molecular formula is C15H25N3O2. The quantitative estimate of drug-likeness (QED) is 0.922. The number of carbonyl (C=O) groups excluding carboxylic acids is 1. The maximum absolute atomic E-state index is 11.9. The fourth-order valence-corrected chi connectivity index (χ4v) is 2.37. The maximum Gasteiger partial charge on any atom is 0.224 e. The second kappa shape index (κ2) is 6.39. The van der Waals surface area contributed by atoms with Crippen molar-refractivity contribution in [3.05, 3.63) is 12.4 Å². The van der Waals surface area contributed by atoms with Crippen molar-refractivity contribution in [1.29, 1.82) is 0 Å². The summed E-state index contributed by atoms with van der Waals surface area (Å²) in [6, 6.07) is 0. The van der Waals surface area contributed by atoms with Crippen molar-refractivity contribution in [1.82, 2.24) is 9.78 Å². The standard InChI is InChI=1S/C15H25N3O2/c1-15(2,3)8-14(19)17-12-9-16-18(10-12)11-13-6-4-5-7-20-13/h9-10,13H,4-8,11H2,1-3H3,(H,17,19)/t13-/m1/s1. The Kier molecular flexibility index (Phi) is 4.81. The zero-order chi connectivity index (χ0) is 14.6. The van der Waals surface area contributed by atoms with Crippen molar-refractivity contribution >= 4 is 11.6 Å². The van der Waals surface area contributed by atoms with Crippen LogP contribution < -0.4 is 5.32 Å². The summed E-state index contributed by atoms with van der Waals surface area (Å²) in [4.78, 5) is 11.9. The molecule has 1 aromatic rings.